The van der Waals surface area contributed by atoms with Gasteiger partial charge in [-0.05, 0) is 61.5 Å². The highest BCUT2D eigenvalue weighted by atomic mass is 16.4. The monoisotopic (exact) mass is 374 g/mol. The third kappa shape index (κ3) is 4.39. The summed E-state index contributed by atoms with van der Waals surface area (Å²) in [5, 5.41) is 13.5. The summed E-state index contributed by atoms with van der Waals surface area (Å²) in [6, 6.07) is 14.1. The van der Waals surface area contributed by atoms with E-state index in [0.29, 0.717) is 28.7 Å². The van der Waals surface area contributed by atoms with Crippen LogP contribution in [0.25, 0.3) is 22.9 Å². The lowest BCUT2D eigenvalue weighted by molar-refractivity contribution is -0.113. The molecule has 0 aliphatic carbocycles. The molecule has 3 aromatic rings. The van der Waals surface area contributed by atoms with Crippen molar-refractivity contribution in [2.24, 2.45) is 0 Å². The summed E-state index contributed by atoms with van der Waals surface area (Å²) in [6.45, 7) is 8.65. The van der Waals surface area contributed by atoms with Gasteiger partial charge in [-0.1, -0.05) is 13.2 Å². The van der Waals surface area contributed by atoms with Gasteiger partial charge < -0.3 is 15.1 Å². The average molecular weight is 374 g/mol. The van der Waals surface area contributed by atoms with E-state index in [4.69, 9.17) is 4.42 Å². The lowest BCUT2D eigenvalue weighted by Gasteiger charge is -2.04. The van der Waals surface area contributed by atoms with Crippen LogP contribution in [0.4, 0.5) is 11.4 Å². The maximum Gasteiger partial charge on any atom is 0.250 e. The highest BCUT2D eigenvalue weighted by Gasteiger charge is 2.11. The van der Waals surface area contributed by atoms with Crippen LogP contribution in [0.5, 0.6) is 0 Å². The second-order valence-electron chi connectivity index (χ2n) is 5.99. The van der Waals surface area contributed by atoms with Crippen molar-refractivity contribution in [3.05, 3.63) is 73.3 Å². The molecule has 0 saturated heterocycles. The van der Waals surface area contributed by atoms with Crippen molar-refractivity contribution in [2.75, 3.05) is 10.6 Å². The number of amides is 2. The van der Waals surface area contributed by atoms with Crippen LogP contribution in [-0.2, 0) is 9.59 Å². The molecule has 1 heterocycles. The molecule has 0 bridgehead atoms. The average Bonchev–Trinajstić information content (AvgIpc) is 3.19. The molecule has 2 aromatic carbocycles. The van der Waals surface area contributed by atoms with Gasteiger partial charge in [0.25, 0.3) is 5.91 Å². The van der Waals surface area contributed by atoms with E-state index in [1.54, 1.807) is 55.5 Å². The third-order valence-corrected chi connectivity index (χ3v) is 3.79. The van der Waals surface area contributed by atoms with Gasteiger partial charge in [0.05, 0.1) is 0 Å². The summed E-state index contributed by atoms with van der Waals surface area (Å²) in [7, 11) is 0. The Hall–Kier alpha value is -4.00. The van der Waals surface area contributed by atoms with E-state index < -0.39 is 0 Å². The van der Waals surface area contributed by atoms with Crippen molar-refractivity contribution in [1.29, 1.82) is 0 Å². The van der Waals surface area contributed by atoms with Crippen LogP contribution in [-0.4, -0.2) is 22.0 Å². The molecule has 0 atom stereocenters. The molecule has 0 saturated carbocycles. The van der Waals surface area contributed by atoms with Crippen LogP contribution in [0.1, 0.15) is 6.92 Å². The molecule has 7 nitrogen and oxygen atoms in total. The van der Waals surface area contributed by atoms with Gasteiger partial charge in [-0.2, -0.15) is 0 Å². The number of nitrogens with one attached hydrogen (secondary N) is 2. The number of hydrogen-bond donors (Lipinski definition) is 2. The molecule has 1 aromatic heterocycles. The zero-order valence-electron chi connectivity index (χ0n) is 15.2. The minimum atomic E-state index is -0.282. The Morgan fingerprint density at radius 1 is 0.893 bits per heavy atom. The van der Waals surface area contributed by atoms with Gasteiger partial charge in [-0.15, -0.1) is 10.2 Å². The Bertz CT molecular complexity index is 1030. The van der Waals surface area contributed by atoms with Crippen molar-refractivity contribution in [3.8, 4) is 22.9 Å². The summed E-state index contributed by atoms with van der Waals surface area (Å²) in [6.07, 6.45) is 1.20. The summed E-state index contributed by atoms with van der Waals surface area (Å²) >= 11 is 0. The van der Waals surface area contributed by atoms with Crippen LogP contribution in [0, 0.1) is 0 Å². The number of rotatable bonds is 6. The third-order valence-electron chi connectivity index (χ3n) is 3.79. The number of carbonyl (C=O) groups excluding carboxylic acids is 2. The van der Waals surface area contributed by atoms with E-state index in [1.165, 1.54) is 6.08 Å². The van der Waals surface area contributed by atoms with Gasteiger partial charge in [-0.3, -0.25) is 9.59 Å². The van der Waals surface area contributed by atoms with Crippen molar-refractivity contribution in [2.45, 2.75) is 6.92 Å². The first-order valence-electron chi connectivity index (χ1n) is 8.41. The largest absolute Gasteiger partial charge is 0.416 e. The van der Waals surface area contributed by atoms with E-state index in [2.05, 4.69) is 34.0 Å². The molecule has 28 heavy (non-hydrogen) atoms. The van der Waals surface area contributed by atoms with E-state index in [1.807, 2.05) is 0 Å². The van der Waals surface area contributed by atoms with Crippen LogP contribution in [0.2, 0.25) is 0 Å². The molecule has 0 radical (unpaired) electrons. The maximum atomic E-state index is 11.6. The van der Waals surface area contributed by atoms with E-state index in [0.717, 1.165) is 11.1 Å². The van der Waals surface area contributed by atoms with Crippen LogP contribution < -0.4 is 10.6 Å². The van der Waals surface area contributed by atoms with Crippen LogP contribution in [0.3, 0.4) is 0 Å². The predicted molar refractivity (Wildman–Crippen MR) is 107 cm³/mol. The van der Waals surface area contributed by atoms with Crippen LogP contribution in [0.15, 0.2) is 77.8 Å². The molecular formula is C21H18N4O3. The topological polar surface area (TPSA) is 97.1 Å². The molecule has 0 fully saturated rings. The summed E-state index contributed by atoms with van der Waals surface area (Å²) < 4.78 is 5.73. The number of benzene rings is 2. The zero-order valence-corrected chi connectivity index (χ0v) is 15.2. The Morgan fingerprint density at radius 2 is 1.36 bits per heavy atom. The fraction of sp³-hybridized carbons (Fsp3) is 0.0476. The minimum absolute atomic E-state index is 0.236. The quantitative estimate of drug-likeness (QED) is 0.635. The Balaban J connectivity index is 1.73. The molecule has 3 rings (SSSR count). The molecular weight excluding hydrogens is 356 g/mol. The van der Waals surface area contributed by atoms with Crippen molar-refractivity contribution >= 4 is 23.2 Å². The molecule has 0 aliphatic heterocycles. The molecule has 7 heteroatoms. The first kappa shape index (κ1) is 18.8. The van der Waals surface area contributed by atoms with E-state index >= 15 is 0 Å². The van der Waals surface area contributed by atoms with Gasteiger partial charge >= 0.3 is 0 Å². The SMILES string of the molecule is C=CC(=O)Nc1ccc(-c2nnc(-c3ccc(NC(=O)C(=C)C)cc3)o2)cc1. The summed E-state index contributed by atoms with van der Waals surface area (Å²) in [4.78, 5) is 23.0. The van der Waals surface area contributed by atoms with Crippen molar-refractivity contribution in [3.63, 3.8) is 0 Å². The number of anilines is 2. The van der Waals surface area contributed by atoms with Gasteiger partial charge in [0.2, 0.25) is 17.7 Å². The lowest BCUT2D eigenvalue weighted by Crippen LogP contribution is -2.11. The molecule has 2 N–H and O–H groups in total. The number of aromatic nitrogens is 2. The van der Waals surface area contributed by atoms with Crippen LogP contribution >= 0.6 is 0 Å². The van der Waals surface area contributed by atoms with Crippen molar-refractivity contribution in [1.82, 2.24) is 10.2 Å². The molecule has 140 valence electrons. The standard InChI is InChI=1S/C21H18N4O3/c1-4-18(26)22-16-9-5-14(6-10-16)20-24-25-21(28-20)15-7-11-17(12-8-15)23-19(27)13(2)3/h4-12H,1-2H2,3H3,(H,22,26)(H,23,27). The second-order valence-corrected chi connectivity index (χ2v) is 5.99. The Kier molecular flexibility index (Phi) is 5.45. The number of carbonyl (C=O) groups is 2. The summed E-state index contributed by atoms with van der Waals surface area (Å²) in [5.74, 6) is 0.198. The van der Waals surface area contributed by atoms with Gasteiger partial charge in [0.1, 0.15) is 0 Å². The molecule has 0 unspecified atom stereocenters. The minimum Gasteiger partial charge on any atom is -0.416 e. The fourth-order valence-electron chi connectivity index (χ4n) is 2.28. The summed E-state index contributed by atoms with van der Waals surface area (Å²) in [5.41, 5.74) is 3.16. The second kappa shape index (κ2) is 8.13. The molecule has 0 spiro atoms. The molecule has 0 aliphatic rings. The first-order chi connectivity index (χ1) is 13.5. The predicted octanol–water partition coefficient (Wildman–Crippen LogP) is 4.04. The van der Waals surface area contributed by atoms with Crippen molar-refractivity contribution < 1.29 is 14.0 Å². The molecule has 2 amide bonds. The maximum absolute atomic E-state index is 11.6. The highest BCUT2D eigenvalue weighted by Crippen LogP contribution is 2.26. The first-order valence-corrected chi connectivity index (χ1v) is 8.41. The van der Waals surface area contributed by atoms with E-state index in [-0.39, 0.29) is 11.8 Å². The smallest absolute Gasteiger partial charge is 0.250 e. The highest BCUT2D eigenvalue weighted by molar-refractivity contribution is 6.02. The fourth-order valence-corrected chi connectivity index (χ4v) is 2.28. The normalized spacial score (nSPS) is 10.2. The number of hydrogen-bond acceptors (Lipinski definition) is 5. The van der Waals surface area contributed by atoms with E-state index in [9.17, 15) is 9.59 Å². The zero-order chi connectivity index (χ0) is 20.1. The Morgan fingerprint density at radius 3 is 1.79 bits per heavy atom. The Labute approximate surface area is 161 Å². The van der Waals surface area contributed by atoms with Gasteiger partial charge in [-0.25, -0.2) is 0 Å². The van der Waals surface area contributed by atoms with Gasteiger partial charge in [0.15, 0.2) is 0 Å². The van der Waals surface area contributed by atoms with Gasteiger partial charge in [0, 0.05) is 28.1 Å². The lowest BCUT2D eigenvalue weighted by atomic mass is 10.2. The number of nitrogens with zero attached hydrogens (tertiary/aromatic N) is 2.